The number of rotatable bonds is 5. The van der Waals surface area contributed by atoms with E-state index in [4.69, 9.17) is 9.15 Å². The molecule has 1 N–H and O–H groups in total. The molecule has 8 heteroatoms. The van der Waals surface area contributed by atoms with Crippen LogP contribution in [0.3, 0.4) is 0 Å². The van der Waals surface area contributed by atoms with E-state index in [9.17, 15) is 19.3 Å². The maximum Gasteiger partial charge on any atom is 0.314 e. The van der Waals surface area contributed by atoms with Crippen LogP contribution in [0.1, 0.15) is 10.6 Å². The summed E-state index contributed by atoms with van der Waals surface area (Å²) in [5.41, 5.74) is 0.0116. The molecule has 3 rings (SSSR count). The molecule has 0 bridgehead atoms. The normalized spacial score (nSPS) is 10.3. The zero-order valence-corrected chi connectivity index (χ0v) is 12.6. The molecule has 1 heterocycles. The second kappa shape index (κ2) is 6.83. The van der Waals surface area contributed by atoms with Gasteiger partial charge in [-0.3, -0.25) is 14.9 Å². The van der Waals surface area contributed by atoms with E-state index in [-0.39, 0.29) is 11.5 Å². The monoisotopic (exact) mass is 342 g/mol. The first kappa shape index (κ1) is 16.2. The number of carbonyl (C=O) groups is 1. The summed E-state index contributed by atoms with van der Waals surface area (Å²) in [6.07, 6.45) is 1.39. The van der Waals surface area contributed by atoms with Gasteiger partial charge in [0.05, 0.1) is 17.3 Å². The minimum atomic E-state index is -0.727. The molecule has 0 aliphatic carbocycles. The van der Waals surface area contributed by atoms with Crippen molar-refractivity contribution in [1.29, 1.82) is 0 Å². The van der Waals surface area contributed by atoms with Crippen LogP contribution in [-0.2, 0) is 0 Å². The summed E-state index contributed by atoms with van der Waals surface area (Å²) in [6, 6.07) is 12.3. The maximum absolute atomic E-state index is 13.1. The number of nitro groups is 1. The van der Waals surface area contributed by atoms with E-state index in [0.29, 0.717) is 11.4 Å². The van der Waals surface area contributed by atoms with Crippen LogP contribution in [0.5, 0.6) is 11.5 Å². The van der Waals surface area contributed by atoms with Gasteiger partial charge in [-0.15, -0.1) is 0 Å². The number of carbonyl (C=O) groups excluding carboxylic acids is 1. The third kappa shape index (κ3) is 3.81. The fraction of sp³-hybridized carbons (Fsp3) is 0. The minimum absolute atomic E-state index is 0.0845. The van der Waals surface area contributed by atoms with Crippen LogP contribution in [0.25, 0.3) is 0 Å². The highest BCUT2D eigenvalue weighted by Crippen LogP contribution is 2.32. The maximum atomic E-state index is 13.1. The smallest absolute Gasteiger partial charge is 0.314 e. The van der Waals surface area contributed by atoms with Gasteiger partial charge in [0.25, 0.3) is 5.91 Å². The van der Waals surface area contributed by atoms with Crippen LogP contribution in [0.15, 0.2) is 65.3 Å². The Hall–Kier alpha value is -3.68. The molecule has 0 spiro atoms. The summed E-state index contributed by atoms with van der Waals surface area (Å²) in [5.74, 6) is -0.755. The lowest BCUT2D eigenvalue weighted by Gasteiger charge is -2.08. The SMILES string of the molecule is O=C(Nc1ccc(Oc2ccc(F)cc2[N+](=O)[O-])cc1)c1ccco1. The molecule has 0 aliphatic rings. The molecular formula is C17H11FN2O5. The molecule has 0 saturated carbocycles. The molecule has 126 valence electrons. The van der Waals surface area contributed by atoms with E-state index in [1.807, 2.05) is 0 Å². The quantitative estimate of drug-likeness (QED) is 0.549. The van der Waals surface area contributed by atoms with Gasteiger partial charge in [-0.1, -0.05) is 0 Å². The first-order valence-corrected chi connectivity index (χ1v) is 7.09. The molecule has 1 aromatic heterocycles. The standard InChI is InChI=1S/C17H11FN2O5/c18-11-3-8-15(14(10-11)20(22)23)25-13-6-4-12(5-7-13)19-17(21)16-2-1-9-24-16/h1-10H,(H,19,21). The molecule has 0 radical (unpaired) electrons. The van der Waals surface area contributed by atoms with Crippen LogP contribution < -0.4 is 10.1 Å². The second-order valence-corrected chi connectivity index (χ2v) is 4.93. The Balaban J connectivity index is 1.73. The Kier molecular flexibility index (Phi) is 4.42. The molecule has 3 aromatic rings. The summed E-state index contributed by atoms with van der Waals surface area (Å²) in [5, 5.41) is 13.6. The van der Waals surface area contributed by atoms with Gasteiger partial charge < -0.3 is 14.5 Å². The van der Waals surface area contributed by atoms with Crippen LogP contribution in [0.2, 0.25) is 0 Å². The fourth-order valence-electron chi connectivity index (χ4n) is 2.05. The van der Waals surface area contributed by atoms with Crippen molar-refractivity contribution in [3.05, 3.63) is 82.6 Å². The first-order valence-electron chi connectivity index (χ1n) is 7.09. The van der Waals surface area contributed by atoms with Gasteiger partial charge in [0.15, 0.2) is 5.76 Å². The van der Waals surface area contributed by atoms with Gasteiger partial charge in [-0.2, -0.15) is 0 Å². The van der Waals surface area contributed by atoms with E-state index in [1.54, 1.807) is 18.2 Å². The number of furan rings is 1. The van der Waals surface area contributed by atoms with E-state index in [0.717, 1.165) is 12.1 Å². The van der Waals surface area contributed by atoms with Gasteiger partial charge in [0.2, 0.25) is 5.75 Å². The molecule has 0 fully saturated rings. The van der Waals surface area contributed by atoms with Gasteiger partial charge in [-0.25, -0.2) is 4.39 Å². The highest BCUT2D eigenvalue weighted by Gasteiger charge is 2.17. The predicted octanol–water partition coefficient (Wildman–Crippen LogP) is 4.37. The van der Waals surface area contributed by atoms with Crippen molar-refractivity contribution in [3.63, 3.8) is 0 Å². The van der Waals surface area contributed by atoms with Gasteiger partial charge in [0.1, 0.15) is 11.6 Å². The van der Waals surface area contributed by atoms with Crippen LogP contribution in [0, 0.1) is 15.9 Å². The van der Waals surface area contributed by atoms with Gasteiger partial charge >= 0.3 is 5.69 Å². The number of nitrogens with zero attached hydrogens (tertiary/aromatic N) is 1. The number of halogens is 1. The Morgan fingerprint density at radius 3 is 2.56 bits per heavy atom. The lowest BCUT2D eigenvalue weighted by Crippen LogP contribution is -2.10. The van der Waals surface area contributed by atoms with Gasteiger partial charge in [-0.05, 0) is 48.5 Å². The summed E-state index contributed by atoms with van der Waals surface area (Å²) >= 11 is 0. The molecule has 25 heavy (non-hydrogen) atoms. The minimum Gasteiger partial charge on any atom is -0.459 e. The fourth-order valence-corrected chi connectivity index (χ4v) is 2.05. The van der Waals surface area contributed by atoms with Crippen molar-refractivity contribution in [2.75, 3.05) is 5.32 Å². The number of hydrogen-bond acceptors (Lipinski definition) is 5. The Morgan fingerprint density at radius 2 is 1.92 bits per heavy atom. The zero-order valence-electron chi connectivity index (χ0n) is 12.6. The first-order chi connectivity index (χ1) is 12.0. The van der Waals surface area contributed by atoms with Crippen molar-refractivity contribution < 1.29 is 23.3 Å². The number of nitro benzene ring substituents is 1. The second-order valence-electron chi connectivity index (χ2n) is 4.93. The van der Waals surface area contributed by atoms with Crippen LogP contribution >= 0.6 is 0 Å². The van der Waals surface area contributed by atoms with E-state index in [2.05, 4.69) is 5.32 Å². The van der Waals surface area contributed by atoms with Crippen molar-refractivity contribution in [1.82, 2.24) is 0 Å². The third-order valence-corrected chi connectivity index (χ3v) is 3.20. The summed E-state index contributed by atoms with van der Waals surface area (Å²) in [6.45, 7) is 0. The highest BCUT2D eigenvalue weighted by atomic mass is 19.1. The largest absolute Gasteiger partial charge is 0.459 e. The molecular weight excluding hydrogens is 331 g/mol. The predicted molar refractivity (Wildman–Crippen MR) is 86.2 cm³/mol. The summed E-state index contributed by atoms with van der Waals surface area (Å²) in [4.78, 5) is 22.1. The van der Waals surface area contributed by atoms with E-state index < -0.39 is 22.3 Å². The van der Waals surface area contributed by atoms with Crippen molar-refractivity contribution in [2.45, 2.75) is 0 Å². The van der Waals surface area contributed by atoms with E-state index >= 15 is 0 Å². The highest BCUT2D eigenvalue weighted by molar-refractivity contribution is 6.02. The number of anilines is 1. The summed E-state index contributed by atoms with van der Waals surface area (Å²) in [7, 11) is 0. The number of benzene rings is 2. The van der Waals surface area contributed by atoms with Crippen molar-refractivity contribution in [2.24, 2.45) is 0 Å². The van der Waals surface area contributed by atoms with Gasteiger partial charge in [0, 0.05) is 5.69 Å². The zero-order chi connectivity index (χ0) is 17.8. The van der Waals surface area contributed by atoms with Crippen LogP contribution in [-0.4, -0.2) is 10.8 Å². The van der Waals surface area contributed by atoms with Crippen molar-refractivity contribution in [3.8, 4) is 11.5 Å². The molecule has 0 unspecified atom stereocenters. The lowest BCUT2D eigenvalue weighted by molar-refractivity contribution is -0.385. The summed E-state index contributed by atoms with van der Waals surface area (Å²) < 4.78 is 23.5. The average Bonchev–Trinajstić information content (AvgIpc) is 3.13. The van der Waals surface area contributed by atoms with Crippen molar-refractivity contribution >= 4 is 17.3 Å². The number of nitrogens with one attached hydrogen (secondary N) is 1. The number of hydrogen-bond donors (Lipinski definition) is 1. The topological polar surface area (TPSA) is 94.6 Å². The molecule has 0 atom stereocenters. The lowest BCUT2D eigenvalue weighted by atomic mass is 10.2. The van der Waals surface area contributed by atoms with Crippen LogP contribution in [0.4, 0.5) is 15.8 Å². The Labute approximate surface area is 140 Å². The molecule has 2 aromatic carbocycles. The molecule has 7 nitrogen and oxygen atoms in total. The molecule has 0 aliphatic heterocycles. The Morgan fingerprint density at radius 1 is 1.16 bits per heavy atom. The molecule has 0 saturated heterocycles. The molecule has 1 amide bonds. The number of amides is 1. The average molecular weight is 342 g/mol. The van der Waals surface area contributed by atoms with E-state index in [1.165, 1.54) is 30.5 Å². The Bertz CT molecular complexity index is 907. The third-order valence-electron chi connectivity index (χ3n) is 3.20. The number of ether oxygens (including phenoxy) is 1.